The van der Waals surface area contributed by atoms with Crippen molar-refractivity contribution in [1.82, 2.24) is 0 Å². The van der Waals surface area contributed by atoms with E-state index >= 15 is 0 Å². The quantitative estimate of drug-likeness (QED) is 0.186. The van der Waals surface area contributed by atoms with Gasteiger partial charge in [-0.15, -0.1) is 17.7 Å². The molecule has 0 aliphatic rings. The summed E-state index contributed by atoms with van der Waals surface area (Å²) in [6.07, 6.45) is 1.31. The zero-order valence-electron chi connectivity index (χ0n) is 9.12. The SMILES string of the molecule is Cl.N#COSC#N.[H-].[H-].[H-].[Na+].[Na+].[Na+]. The van der Waals surface area contributed by atoms with Gasteiger partial charge in [0.2, 0.25) is 0 Å². The molecule has 0 heterocycles. The van der Waals surface area contributed by atoms with Crippen molar-refractivity contribution in [2.75, 3.05) is 0 Å². The van der Waals surface area contributed by atoms with Crippen LogP contribution in [0.5, 0.6) is 0 Å². The molecule has 0 saturated carbocycles. The van der Waals surface area contributed by atoms with Crippen molar-refractivity contribution in [3.8, 4) is 11.7 Å². The molecule has 0 saturated heterocycles. The minimum atomic E-state index is 0. The van der Waals surface area contributed by atoms with Crippen LogP contribution in [0.15, 0.2) is 0 Å². The van der Waals surface area contributed by atoms with Gasteiger partial charge in [-0.1, -0.05) is 0 Å². The number of hydrogen-bond donors (Lipinski definition) is 0. The van der Waals surface area contributed by atoms with Gasteiger partial charge in [-0.2, -0.15) is 5.26 Å². The summed E-state index contributed by atoms with van der Waals surface area (Å²) >= 11 is 0.453. The molecule has 0 unspecified atom stereocenters. The summed E-state index contributed by atoms with van der Waals surface area (Å²) in [6, 6.07) is 0. The van der Waals surface area contributed by atoms with Crippen LogP contribution in [-0.2, 0) is 4.18 Å². The number of thiocyanates is 1. The van der Waals surface area contributed by atoms with E-state index in [1.165, 1.54) is 6.26 Å². The number of nitriles is 2. The Morgan fingerprint density at radius 3 is 1.70 bits per heavy atom. The fourth-order valence-electron chi connectivity index (χ4n) is 0.0373. The van der Waals surface area contributed by atoms with Gasteiger partial charge in [0.25, 0.3) is 0 Å². The Labute approximate surface area is 141 Å². The van der Waals surface area contributed by atoms with Gasteiger partial charge < -0.3 is 8.46 Å². The second-order valence-corrected chi connectivity index (χ2v) is 0.865. The molecule has 8 heteroatoms. The summed E-state index contributed by atoms with van der Waals surface area (Å²) in [5, 5.41) is 16.7. The summed E-state index contributed by atoms with van der Waals surface area (Å²) in [4.78, 5) is 0. The Morgan fingerprint density at radius 2 is 1.60 bits per heavy atom. The van der Waals surface area contributed by atoms with Gasteiger partial charge in [-0.25, -0.2) is 0 Å². The first-order valence-electron chi connectivity index (χ1n) is 1.02. The maximum atomic E-state index is 7.63. The smallest absolute Gasteiger partial charge is 1.00 e. The van der Waals surface area contributed by atoms with E-state index in [1.807, 2.05) is 0 Å². The minimum Gasteiger partial charge on any atom is -1.00 e. The molecule has 0 aromatic rings. The van der Waals surface area contributed by atoms with Crippen molar-refractivity contribution >= 4 is 24.4 Å². The normalized spacial score (nSPS) is 3.00. The van der Waals surface area contributed by atoms with Crippen molar-refractivity contribution in [3.05, 3.63) is 0 Å². The second kappa shape index (κ2) is 30.1. The first kappa shape index (κ1) is 29.4. The Morgan fingerprint density at radius 1 is 1.20 bits per heavy atom. The van der Waals surface area contributed by atoms with Gasteiger partial charge in [-0.05, 0) is 0 Å². The minimum absolute atomic E-state index is 0. The Bertz CT molecular complexity index is 108. The van der Waals surface area contributed by atoms with E-state index in [9.17, 15) is 0 Å². The molecule has 10 heavy (non-hydrogen) atoms. The van der Waals surface area contributed by atoms with E-state index in [1.54, 1.807) is 5.40 Å². The van der Waals surface area contributed by atoms with Crippen molar-refractivity contribution in [1.29, 1.82) is 10.5 Å². The predicted molar refractivity (Wildman–Crippen MR) is 30.5 cm³/mol. The van der Waals surface area contributed by atoms with Gasteiger partial charge in [0, 0.05) is 0 Å². The standard InChI is InChI=1S/C2N2OS.ClH.3Na.3H/c3-1-5-6-2-4;;;;;;;/h;1H;;;;;;/q;;3*+1;3*-1. The Kier molecular flexibility index (Phi) is 88.5. The number of halogens is 1. The maximum Gasteiger partial charge on any atom is 1.00 e. The second-order valence-electron chi connectivity index (χ2n) is 0.349. The van der Waals surface area contributed by atoms with E-state index in [2.05, 4.69) is 4.18 Å². The van der Waals surface area contributed by atoms with Crippen molar-refractivity contribution in [3.63, 3.8) is 0 Å². The van der Waals surface area contributed by atoms with Crippen LogP contribution in [0, 0.1) is 22.2 Å². The third-order valence-electron chi connectivity index (χ3n) is 0.116. The molecule has 0 atom stereocenters. The molecule has 0 rings (SSSR count). The molecule has 3 nitrogen and oxygen atoms in total. The molecule has 0 aliphatic heterocycles. The van der Waals surface area contributed by atoms with E-state index in [0.717, 1.165) is 0 Å². The summed E-state index contributed by atoms with van der Waals surface area (Å²) in [7, 11) is 0. The molecular weight excluding hydrogens is 205 g/mol. The van der Waals surface area contributed by atoms with Crippen LogP contribution in [0.4, 0.5) is 0 Å². The monoisotopic (exact) mass is 208 g/mol. The average Bonchev–Trinajstić information content (AvgIpc) is 1.61. The van der Waals surface area contributed by atoms with E-state index in [0.29, 0.717) is 12.0 Å². The van der Waals surface area contributed by atoms with Gasteiger partial charge in [0.05, 0.1) is 0 Å². The fraction of sp³-hybridized carbons (Fsp3) is 0. The van der Waals surface area contributed by atoms with Crippen LogP contribution in [-0.4, -0.2) is 0 Å². The maximum absolute atomic E-state index is 7.63. The molecule has 0 amide bonds. The molecule has 0 N–H and O–H groups in total. The van der Waals surface area contributed by atoms with Gasteiger partial charge in [0.15, 0.2) is 17.4 Å². The van der Waals surface area contributed by atoms with E-state index < -0.39 is 0 Å². The third-order valence-corrected chi connectivity index (χ3v) is 0.349. The third kappa shape index (κ3) is 31.5. The molecule has 0 aromatic carbocycles. The van der Waals surface area contributed by atoms with Crippen molar-refractivity contribution in [2.24, 2.45) is 0 Å². The number of hydrogen-bond acceptors (Lipinski definition) is 4. The first-order valence-corrected chi connectivity index (χ1v) is 1.76. The largest absolute Gasteiger partial charge is 1.00 e. The molecule has 0 spiro atoms. The van der Waals surface area contributed by atoms with Crippen molar-refractivity contribution in [2.45, 2.75) is 0 Å². The number of rotatable bonds is 1. The molecule has 0 aromatic heterocycles. The Hall–Kier alpha value is 2.42. The molecular formula is C2H4ClN2Na3OS. The zero-order valence-corrected chi connectivity index (χ0v) is 13.8. The van der Waals surface area contributed by atoms with E-state index in [4.69, 9.17) is 10.5 Å². The molecule has 0 radical (unpaired) electrons. The van der Waals surface area contributed by atoms with Crippen LogP contribution in [0.1, 0.15) is 4.28 Å². The summed E-state index contributed by atoms with van der Waals surface area (Å²) < 4.78 is 3.84. The van der Waals surface area contributed by atoms with E-state index in [-0.39, 0.29) is 105 Å². The van der Waals surface area contributed by atoms with Gasteiger partial charge >= 0.3 is 94.9 Å². The van der Waals surface area contributed by atoms with Gasteiger partial charge in [-0.3, -0.25) is 0 Å². The van der Waals surface area contributed by atoms with Crippen LogP contribution < -0.4 is 88.7 Å². The molecule has 0 aliphatic carbocycles. The molecule has 0 bridgehead atoms. The van der Waals surface area contributed by atoms with Gasteiger partial charge in [0.1, 0.15) is 0 Å². The zero-order chi connectivity index (χ0) is 4.83. The molecule has 0 fully saturated rings. The molecule has 44 valence electrons. The van der Waals surface area contributed by atoms with Crippen LogP contribution >= 0.6 is 24.4 Å². The summed E-state index contributed by atoms with van der Waals surface area (Å²) in [6.45, 7) is 0. The number of nitrogens with zero attached hydrogens (tertiary/aromatic N) is 2. The van der Waals surface area contributed by atoms with Crippen LogP contribution in [0.25, 0.3) is 0 Å². The summed E-state index contributed by atoms with van der Waals surface area (Å²) in [5.74, 6) is 0. The first-order chi connectivity index (χ1) is 2.91. The summed E-state index contributed by atoms with van der Waals surface area (Å²) in [5.41, 5.74) is 0. The van der Waals surface area contributed by atoms with Crippen LogP contribution in [0.3, 0.4) is 0 Å². The van der Waals surface area contributed by atoms with Crippen molar-refractivity contribution < 1.29 is 97.1 Å². The fourth-order valence-corrected chi connectivity index (χ4v) is 0.112. The van der Waals surface area contributed by atoms with Crippen LogP contribution in [0.2, 0.25) is 0 Å². The average molecular weight is 209 g/mol. The Balaban J connectivity index is -0.00000000595. The predicted octanol–water partition coefficient (Wildman–Crippen LogP) is -7.62. The topological polar surface area (TPSA) is 56.8 Å².